The molecule has 0 spiro atoms. The van der Waals surface area contributed by atoms with Crippen LogP contribution in [-0.2, 0) is 10.8 Å². The highest BCUT2D eigenvalue weighted by Gasteiger charge is 2.27. The zero-order chi connectivity index (χ0) is 23.1. The number of hydrogen-bond donors (Lipinski definition) is 2. The van der Waals surface area contributed by atoms with Crippen LogP contribution < -0.4 is 0 Å². The molecule has 4 rings (SSSR count). The van der Waals surface area contributed by atoms with Gasteiger partial charge in [0.1, 0.15) is 11.6 Å². The summed E-state index contributed by atoms with van der Waals surface area (Å²) >= 11 is 0. The van der Waals surface area contributed by atoms with Gasteiger partial charge in [-0.1, -0.05) is 108 Å². The van der Waals surface area contributed by atoms with E-state index >= 15 is 0 Å². The molecular formula is C29H32N2O. The van der Waals surface area contributed by atoms with Crippen molar-refractivity contribution in [1.29, 1.82) is 0 Å². The van der Waals surface area contributed by atoms with Crippen molar-refractivity contribution in [3.63, 3.8) is 0 Å². The first kappa shape index (κ1) is 21.9. The molecule has 3 heteroatoms. The number of nitrogens with zero attached hydrogens (tertiary/aromatic N) is 1. The van der Waals surface area contributed by atoms with E-state index in [0.29, 0.717) is 11.6 Å². The Balaban J connectivity index is 2.00. The minimum atomic E-state index is -0.197. The summed E-state index contributed by atoms with van der Waals surface area (Å²) in [4.78, 5) is 8.56. The Morgan fingerprint density at radius 1 is 0.719 bits per heavy atom. The number of nitrogens with one attached hydrogen (secondary N) is 1. The van der Waals surface area contributed by atoms with Gasteiger partial charge in [0.15, 0.2) is 0 Å². The van der Waals surface area contributed by atoms with Crippen molar-refractivity contribution < 1.29 is 5.11 Å². The molecule has 0 bridgehead atoms. The average Bonchev–Trinajstić information content (AvgIpc) is 3.19. The van der Waals surface area contributed by atoms with Gasteiger partial charge in [-0.2, -0.15) is 0 Å². The Bertz CT molecular complexity index is 1170. The van der Waals surface area contributed by atoms with Crippen molar-refractivity contribution in [3.05, 3.63) is 83.9 Å². The predicted molar refractivity (Wildman–Crippen MR) is 134 cm³/mol. The highest BCUT2D eigenvalue weighted by Crippen LogP contribution is 2.43. The highest BCUT2D eigenvalue weighted by molar-refractivity contribution is 5.82. The summed E-state index contributed by atoms with van der Waals surface area (Å²) in [5.41, 5.74) is 6.52. The molecule has 1 heterocycles. The summed E-state index contributed by atoms with van der Waals surface area (Å²) in [6.45, 7) is 13.0. The Morgan fingerprint density at radius 3 is 1.81 bits per heavy atom. The monoisotopic (exact) mass is 424 g/mol. The Hall–Kier alpha value is -3.33. The van der Waals surface area contributed by atoms with Crippen LogP contribution in [0.5, 0.6) is 5.75 Å². The average molecular weight is 425 g/mol. The fraction of sp³-hybridized carbons (Fsp3) is 0.276. The molecular weight excluding hydrogens is 392 g/mol. The van der Waals surface area contributed by atoms with Crippen molar-refractivity contribution in [3.8, 4) is 39.7 Å². The van der Waals surface area contributed by atoms with Gasteiger partial charge in [0.05, 0.1) is 17.0 Å². The van der Waals surface area contributed by atoms with E-state index in [4.69, 9.17) is 4.98 Å². The number of phenols is 1. The number of phenolic OH excluding ortho intramolecular Hbond substituents is 1. The molecule has 0 aliphatic rings. The van der Waals surface area contributed by atoms with Gasteiger partial charge in [0.2, 0.25) is 0 Å². The third kappa shape index (κ3) is 4.20. The van der Waals surface area contributed by atoms with Crippen LogP contribution in [0.1, 0.15) is 52.7 Å². The van der Waals surface area contributed by atoms with Crippen LogP contribution in [0.4, 0.5) is 0 Å². The molecule has 0 saturated heterocycles. The molecule has 3 nitrogen and oxygen atoms in total. The molecule has 0 radical (unpaired) electrons. The van der Waals surface area contributed by atoms with Gasteiger partial charge in [-0.05, 0) is 22.5 Å². The molecule has 0 atom stereocenters. The summed E-state index contributed by atoms with van der Waals surface area (Å²) in [7, 11) is 0. The Kier molecular flexibility index (Phi) is 5.46. The molecule has 0 saturated carbocycles. The molecule has 32 heavy (non-hydrogen) atoms. The van der Waals surface area contributed by atoms with Crippen LogP contribution in [0.25, 0.3) is 33.9 Å². The molecule has 0 aliphatic carbocycles. The number of H-pyrrole nitrogens is 1. The van der Waals surface area contributed by atoms with Crippen molar-refractivity contribution >= 4 is 0 Å². The maximum atomic E-state index is 11.3. The van der Waals surface area contributed by atoms with E-state index < -0.39 is 0 Å². The number of aromatic nitrogens is 2. The summed E-state index contributed by atoms with van der Waals surface area (Å²) in [6, 6.07) is 24.6. The van der Waals surface area contributed by atoms with Crippen molar-refractivity contribution in [1.82, 2.24) is 9.97 Å². The number of aromatic hydroxyl groups is 1. The standard InChI is InChI=1S/C29H32N2O/c1-28(2,3)21-17-22(26(32)23(18-21)29(4,5)6)27-30-24(19-13-9-7-10-14-19)25(31-27)20-15-11-8-12-16-20/h7-18,32H,1-6H3,(H,30,31). The normalized spacial score (nSPS) is 12.2. The number of imidazole rings is 1. The predicted octanol–water partition coefficient (Wildman–Crippen LogP) is 7.71. The number of aromatic amines is 1. The van der Waals surface area contributed by atoms with Crippen LogP contribution in [-0.4, -0.2) is 15.1 Å². The van der Waals surface area contributed by atoms with E-state index in [0.717, 1.165) is 33.6 Å². The zero-order valence-electron chi connectivity index (χ0n) is 19.8. The van der Waals surface area contributed by atoms with E-state index in [-0.39, 0.29) is 10.8 Å². The molecule has 4 aromatic rings. The quantitative estimate of drug-likeness (QED) is 0.354. The fourth-order valence-electron chi connectivity index (χ4n) is 3.94. The van der Waals surface area contributed by atoms with Crippen LogP contribution in [0.15, 0.2) is 72.8 Å². The fourth-order valence-corrected chi connectivity index (χ4v) is 3.94. The maximum absolute atomic E-state index is 11.3. The topological polar surface area (TPSA) is 48.9 Å². The van der Waals surface area contributed by atoms with E-state index in [1.807, 2.05) is 36.4 Å². The Labute approximate surface area is 191 Å². The molecule has 3 aromatic carbocycles. The molecule has 0 unspecified atom stereocenters. The van der Waals surface area contributed by atoms with Gasteiger partial charge in [0.25, 0.3) is 0 Å². The van der Waals surface area contributed by atoms with E-state index in [1.54, 1.807) is 0 Å². The summed E-state index contributed by atoms with van der Waals surface area (Å²) < 4.78 is 0. The van der Waals surface area contributed by atoms with E-state index in [1.165, 1.54) is 5.56 Å². The maximum Gasteiger partial charge on any atom is 0.142 e. The van der Waals surface area contributed by atoms with Gasteiger partial charge >= 0.3 is 0 Å². The smallest absolute Gasteiger partial charge is 0.142 e. The Morgan fingerprint density at radius 2 is 1.28 bits per heavy atom. The van der Waals surface area contributed by atoms with Crippen LogP contribution in [0.3, 0.4) is 0 Å². The molecule has 2 N–H and O–H groups in total. The molecule has 1 aromatic heterocycles. The number of rotatable bonds is 3. The minimum Gasteiger partial charge on any atom is -0.507 e. The van der Waals surface area contributed by atoms with Gasteiger partial charge in [-0.3, -0.25) is 0 Å². The second-order valence-corrected chi connectivity index (χ2v) is 10.5. The van der Waals surface area contributed by atoms with Crippen molar-refractivity contribution in [2.24, 2.45) is 0 Å². The minimum absolute atomic E-state index is 0.0560. The van der Waals surface area contributed by atoms with Gasteiger partial charge in [0, 0.05) is 16.7 Å². The third-order valence-corrected chi connectivity index (χ3v) is 5.85. The lowest BCUT2D eigenvalue weighted by atomic mass is 9.79. The first-order chi connectivity index (χ1) is 15.1. The number of hydrogen-bond acceptors (Lipinski definition) is 2. The first-order valence-electron chi connectivity index (χ1n) is 11.1. The summed E-state index contributed by atoms with van der Waals surface area (Å²) in [6.07, 6.45) is 0. The van der Waals surface area contributed by atoms with Gasteiger partial charge < -0.3 is 10.1 Å². The van der Waals surface area contributed by atoms with E-state index in [9.17, 15) is 5.11 Å². The SMILES string of the molecule is CC(C)(C)c1cc(-c2nc(-c3ccccc3)c(-c3ccccc3)[nH]2)c(O)c(C(C)(C)C)c1. The summed E-state index contributed by atoms with van der Waals surface area (Å²) in [5, 5.41) is 11.3. The van der Waals surface area contributed by atoms with Crippen LogP contribution >= 0.6 is 0 Å². The third-order valence-electron chi connectivity index (χ3n) is 5.85. The van der Waals surface area contributed by atoms with Crippen molar-refractivity contribution in [2.45, 2.75) is 52.4 Å². The molecule has 0 aliphatic heterocycles. The zero-order valence-corrected chi connectivity index (χ0v) is 19.8. The highest BCUT2D eigenvalue weighted by atomic mass is 16.3. The second-order valence-electron chi connectivity index (χ2n) is 10.5. The van der Waals surface area contributed by atoms with Crippen LogP contribution in [0, 0.1) is 0 Å². The molecule has 0 amide bonds. The lowest BCUT2D eigenvalue weighted by molar-refractivity contribution is 0.446. The van der Waals surface area contributed by atoms with Gasteiger partial charge in [-0.25, -0.2) is 4.98 Å². The largest absolute Gasteiger partial charge is 0.507 e. The number of benzene rings is 3. The first-order valence-corrected chi connectivity index (χ1v) is 11.1. The van der Waals surface area contributed by atoms with Crippen molar-refractivity contribution in [2.75, 3.05) is 0 Å². The van der Waals surface area contributed by atoms with Crippen LogP contribution in [0.2, 0.25) is 0 Å². The molecule has 0 fully saturated rings. The lowest BCUT2D eigenvalue weighted by Gasteiger charge is -2.27. The summed E-state index contributed by atoms with van der Waals surface area (Å²) in [5.74, 6) is 0.968. The molecule has 164 valence electrons. The van der Waals surface area contributed by atoms with E-state index in [2.05, 4.69) is 82.9 Å². The second kappa shape index (κ2) is 7.98. The lowest BCUT2D eigenvalue weighted by Crippen LogP contribution is -2.17. The van der Waals surface area contributed by atoms with Gasteiger partial charge in [-0.15, -0.1) is 0 Å².